The number of methoxy groups -OCH3 is 2. The van der Waals surface area contributed by atoms with Gasteiger partial charge in [-0.25, -0.2) is 4.98 Å². The third kappa shape index (κ3) is 2.31. The van der Waals surface area contributed by atoms with Crippen LogP contribution >= 0.6 is 15.9 Å². The van der Waals surface area contributed by atoms with Crippen molar-refractivity contribution in [2.75, 3.05) is 20.0 Å². The van der Waals surface area contributed by atoms with Crippen LogP contribution < -0.4 is 15.2 Å². The molecule has 0 atom stereocenters. The number of hydrogen-bond donors (Lipinski definition) is 1. The SMILES string of the molecule is COc1cc2nc(N)n(-c3cccc(Br)c3)c2cc1OC. The van der Waals surface area contributed by atoms with Crippen LogP contribution in [0.2, 0.25) is 0 Å². The molecule has 0 saturated heterocycles. The number of anilines is 1. The van der Waals surface area contributed by atoms with Crippen molar-refractivity contribution >= 4 is 32.9 Å². The molecule has 0 aliphatic carbocycles. The second-order valence-corrected chi connectivity index (χ2v) is 5.40. The van der Waals surface area contributed by atoms with Crippen molar-refractivity contribution < 1.29 is 9.47 Å². The van der Waals surface area contributed by atoms with Crippen molar-refractivity contribution in [2.45, 2.75) is 0 Å². The molecule has 0 bridgehead atoms. The number of nitrogens with zero attached hydrogens (tertiary/aromatic N) is 2. The molecule has 3 aromatic rings. The molecule has 2 aromatic carbocycles. The standard InChI is InChI=1S/C15H14BrN3O2/c1-20-13-7-11-12(8-14(13)21-2)19(15(17)18-11)10-5-3-4-9(16)6-10/h3-8H,1-2H3,(H2,17,18). The molecule has 3 rings (SSSR count). The van der Waals surface area contributed by atoms with E-state index in [1.54, 1.807) is 14.2 Å². The van der Waals surface area contributed by atoms with Gasteiger partial charge in [0.15, 0.2) is 11.5 Å². The summed E-state index contributed by atoms with van der Waals surface area (Å²) in [5.74, 6) is 1.68. The molecule has 21 heavy (non-hydrogen) atoms. The van der Waals surface area contributed by atoms with Crippen molar-refractivity contribution in [2.24, 2.45) is 0 Å². The van der Waals surface area contributed by atoms with E-state index in [0.717, 1.165) is 21.2 Å². The molecule has 2 N–H and O–H groups in total. The van der Waals surface area contributed by atoms with Crippen LogP contribution in [0, 0.1) is 0 Å². The Kier molecular flexibility index (Phi) is 3.47. The second kappa shape index (κ2) is 5.29. The quantitative estimate of drug-likeness (QED) is 0.788. The van der Waals surface area contributed by atoms with E-state index in [9.17, 15) is 0 Å². The highest BCUT2D eigenvalue weighted by Gasteiger charge is 2.14. The first-order valence-corrected chi connectivity index (χ1v) is 7.09. The van der Waals surface area contributed by atoms with Crippen LogP contribution in [-0.4, -0.2) is 23.8 Å². The molecule has 0 amide bonds. The number of aromatic nitrogens is 2. The predicted molar refractivity (Wildman–Crippen MR) is 86.3 cm³/mol. The Morgan fingerprint density at radius 1 is 1.10 bits per heavy atom. The molecule has 0 aliphatic rings. The summed E-state index contributed by atoms with van der Waals surface area (Å²) in [5, 5.41) is 0. The number of ether oxygens (including phenoxy) is 2. The monoisotopic (exact) mass is 347 g/mol. The second-order valence-electron chi connectivity index (χ2n) is 4.48. The fourth-order valence-electron chi connectivity index (χ4n) is 2.31. The maximum Gasteiger partial charge on any atom is 0.205 e. The van der Waals surface area contributed by atoms with Crippen LogP contribution in [-0.2, 0) is 0 Å². The Morgan fingerprint density at radius 2 is 1.81 bits per heavy atom. The molecular formula is C15H14BrN3O2. The minimum Gasteiger partial charge on any atom is -0.493 e. The zero-order valence-electron chi connectivity index (χ0n) is 11.6. The fourth-order valence-corrected chi connectivity index (χ4v) is 2.70. The average molecular weight is 348 g/mol. The lowest BCUT2D eigenvalue weighted by atomic mass is 10.2. The van der Waals surface area contributed by atoms with E-state index in [2.05, 4.69) is 20.9 Å². The molecular weight excluding hydrogens is 334 g/mol. The normalized spacial score (nSPS) is 10.8. The van der Waals surface area contributed by atoms with Crippen LogP contribution in [0.25, 0.3) is 16.7 Å². The molecule has 0 radical (unpaired) electrons. The van der Waals surface area contributed by atoms with E-state index < -0.39 is 0 Å². The fraction of sp³-hybridized carbons (Fsp3) is 0.133. The Hall–Kier alpha value is -2.21. The molecule has 108 valence electrons. The number of halogens is 1. The number of rotatable bonds is 3. The summed E-state index contributed by atoms with van der Waals surface area (Å²) in [6, 6.07) is 11.6. The van der Waals surface area contributed by atoms with Gasteiger partial charge >= 0.3 is 0 Å². The van der Waals surface area contributed by atoms with E-state index in [-0.39, 0.29) is 0 Å². The number of fused-ring (bicyclic) bond motifs is 1. The van der Waals surface area contributed by atoms with E-state index in [0.29, 0.717) is 17.4 Å². The van der Waals surface area contributed by atoms with Gasteiger partial charge in [0.2, 0.25) is 5.95 Å². The Balaban J connectivity index is 2.30. The third-order valence-electron chi connectivity index (χ3n) is 3.25. The Labute approximate surface area is 130 Å². The predicted octanol–water partition coefficient (Wildman–Crippen LogP) is 3.39. The lowest BCUT2D eigenvalue weighted by molar-refractivity contribution is 0.355. The lowest BCUT2D eigenvalue weighted by Gasteiger charge is -2.10. The summed E-state index contributed by atoms with van der Waals surface area (Å²) in [7, 11) is 3.20. The summed E-state index contributed by atoms with van der Waals surface area (Å²) in [6.45, 7) is 0. The topological polar surface area (TPSA) is 62.3 Å². The van der Waals surface area contributed by atoms with Gasteiger partial charge in [0.25, 0.3) is 0 Å². The van der Waals surface area contributed by atoms with E-state index in [1.165, 1.54) is 0 Å². The van der Waals surface area contributed by atoms with E-state index >= 15 is 0 Å². The van der Waals surface area contributed by atoms with Gasteiger partial charge in [0.05, 0.1) is 30.9 Å². The van der Waals surface area contributed by atoms with Crippen molar-refractivity contribution in [1.29, 1.82) is 0 Å². The zero-order valence-corrected chi connectivity index (χ0v) is 13.2. The van der Waals surface area contributed by atoms with Gasteiger partial charge < -0.3 is 15.2 Å². The number of imidazole rings is 1. The highest BCUT2D eigenvalue weighted by molar-refractivity contribution is 9.10. The Bertz CT molecular complexity index is 814. The van der Waals surface area contributed by atoms with Crippen LogP contribution in [0.15, 0.2) is 40.9 Å². The van der Waals surface area contributed by atoms with Gasteiger partial charge in [-0.1, -0.05) is 22.0 Å². The smallest absolute Gasteiger partial charge is 0.205 e. The van der Waals surface area contributed by atoms with Crippen LogP contribution in [0.5, 0.6) is 11.5 Å². The lowest BCUT2D eigenvalue weighted by Crippen LogP contribution is -2.00. The van der Waals surface area contributed by atoms with Gasteiger partial charge in [-0.05, 0) is 18.2 Å². The first kappa shape index (κ1) is 13.8. The van der Waals surface area contributed by atoms with E-state index in [1.807, 2.05) is 41.0 Å². The van der Waals surface area contributed by atoms with E-state index in [4.69, 9.17) is 15.2 Å². The molecule has 1 heterocycles. The number of benzene rings is 2. The zero-order chi connectivity index (χ0) is 15.0. The highest BCUT2D eigenvalue weighted by Crippen LogP contribution is 2.34. The summed E-state index contributed by atoms with van der Waals surface area (Å²) in [6.07, 6.45) is 0. The molecule has 0 spiro atoms. The first-order valence-electron chi connectivity index (χ1n) is 6.30. The van der Waals surface area contributed by atoms with Gasteiger partial charge in [0, 0.05) is 16.6 Å². The van der Waals surface area contributed by atoms with Crippen molar-refractivity contribution in [3.05, 3.63) is 40.9 Å². The molecule has 0 aliphatic heterocycles. The van der Waals surface area contributed by atoms with Gasteiger partial charge in [-0.15, -0.1) is 0 Å². The van der Waals surface area contributed by atoms with Crippen molar-refractivity contribution in [3.8, 4) is 17.2 Å². The van der Waals surface area contributed by atoms with Crippen molar-refractivity contribution in [1.82, 2.24) is 9.55 Å². The van der Waals surface area contributed by atoms with Gasteiger partial charge in [0.1, 0.15) is 0 Å². The summed E-state index contributed by atoms with van der Waals surface area (Å²) >= 11 is 3.47. The van der Waals surface area contributed by atoms with Crippen LogP contribution in [0.3, 0.4) is 0 Å². The van der Waals surface area contributed by atoms with Crippen molar-refractivity contribution in [3.63, 3.8) is 0 Å². The number of nitrogens with two attached hydrogens (primary N) is 1. The Morgan fingerprint density at radius 3 is 2.48 bits per heavy atom. The minimum absolute atomic E-state index is 0.415. The first-order chi connectivity index (χ1) is 10.1. The average Bonchev–Trinajstić information content (AvgIpc) is 2.80. The van der Waals surface area contributed by atoms with Gasteiger partial charge in [-0.2, -0.15) is 0 Å². The van der Waals surface area contributed by atoms with Crippen LogP contribution in [0.1, 0.15) is 0 Å². The molecule has 6 heteroatoms. The molecule has 5 nitrogen and oxygen atoms in total. The van der Waals surface area contributed by atoms with Crippen LogP contribution in [0.4, 0.5) is 5.95 Å². The molecule has 0 saturated carbocycles. The summed E-state index contributed by atoms with van der Waals surface area (Å²) in [4.78, 5) is 4.39. The maximum absolute atomic E-state index is 6.07. The summed E-state index contributed by atoms with van der Waals surface area (Å²) < 4.78 is 13.5. The number of hydrogen-bond acceptors (Lipinski definition) is 4. The number of nitrogen functional groups attached to an aromatic ring is 1. The highest BCUT2D eigenvalue weighted by atomic mass is 79.9. The molecule has 1 aromatic heterocycles. The third-order valence-corrected chi connectivity index (χ3v) is 3.75. The maximum atomic E-state index is 6.07. The van der Waals surface area contributed by atoms with Gasteiger partial charge in [-0.3, -0.25) is 4.57 Å². The summed E-state index contributed by atoms with van der Waals surface area (Å²) in [5.41, 5.74) is 8.62. The minimum atomic E-state index is 0.415. The molecule has 0 fully saturated rings. The largest absolute Gasteiger partial charge is 0.493 e. The molecule has 0 unspecified atom stereocenters.